The Balaban J connectivity index is 1.08. The van der Waals surface area contributed by atoms with E-state index < -0.39 is 0 Å². The molecule has 0 aliphatic heterocycles. The number of fused-ring (bicyclic) bond motifs is 4. The summed E-state index contributed by atoms with van der Waals surface area (Å²) in [6, 6.07) is 59.9. The molecule has 7 aromatic carbocycles. The molecule has 8 aromatic rings. The van der Waals surface area contributed by atoms with Crippen molar-refractivity contribution < 1.29 is 0 Å². The van der Waals surface area contributed by atoms with Crippen molar-refractivity contribution in [2.24, 2.45) is 0 Å². The summed E-state index contributed by atoms with van der Waals surface area (Å²) in [6.07, 6.45) is 1.93. The monoisotopic (exact) mass is 605 g/mol. The van der Waals surface area contributed by atoms with Gasteiger partial charge in [-0.15, -0.1) is 11.3 Å². The summed E-state index contributed by atoms with van der Waals surface area (Å²) in [5, 5.41) is 5.25. The minimum atomic E-state index is 0.963. The molecule has 0 saturated carbocycles. The van der Waals surface area contributed by atoms with Crippen molar-refractivity contribution in [3.8, 4) is 20.9 Å². The fourth-order valence-corrected chi connectivity index (χ4v) is 8.35. The Hall–Kier alpha value is -5.44. The summed E-state index contributed by atoms with van der Waals surface area (Å²) in [4.78, 5) is 5.04. The van der Waals surface area contributed by atoms with Gasteiger partial charge in [-0.2, -0.15) is 0 Å². The van der Waals surface area contributed by atoms with Crippen molar-refractivity contribution in [2.45, 2.75) is 12.8 Å². The van der Waals surface area contributed by atoms with E-state index in [1.54, 1.807) is 0 Å². The van der Waals surface area contributed by atoms with Gasteiger partial charge in [0, 0.05) is 37.6 Å². The molecule has 0 atom stereocenters. The molecule has 0 saturated heterocycles. The van der Waals surface area contributed by atoms with Crippen LogP contribution in [0.25, 0.3) is 42.4 Å². The lowest BCUT2D eigenvalue weighted by Gasteiger charge is -2.26. The van der Waals surface area contributed by atoms with Crippen LogP contribution in [0.15, 0.2) is 164 Å². The van der Waals surface area contributed by atoms with E-state index in [-0.39, 0.29) is 0 Å². The van der Waals surface area contributed by atoms with Gasteiger partial charge in [0.05, 0.1) is 0 Å². The molecule has 1 heterocycles. The molecule has 1 aromatic heterocycles. The fraction of sp³-hybridized carbons (Fsp3) is 0.0455. The third kappa shape index (κ3) is 4.70. The number of thiophene rings is 1. The molecule has 46 heavy (non-hydrogen) atoms. The molecule has 0 spiro atoms. The minimum absolute atomic E-state index is 0.963. The van der Waals surface area contributed by atoms with Crippen LogP contribution in [0.1, 0.15) is 22.3 Å². The molecule has 1 nitrogen and oxygen atoms in total. The van der Waals surface area contributed by atoms with Crippen molar-refractivity contribution in [2.75, 3.05) is 4.90 Å². The predicted octanol–water partition coefficient (Wildman–Crippen LogP) is 12.4. The van der Waals surface area contributed by atoms with E-state index in [9.17, 15) is 0 Å². The molecule has 0 amide bonds. The second-order valence-electron chi connectivity index (χ2n) is 12.2. The van der Waals surface area contributed by atoms with E-state index in [1.165, 1.54) is 70.4 Å². The molecule has 218 valence electrons. The van der Waals surface area contributed by atoms with Gasteiger partial charge in [-0.1, -0.05) is 121 Å². The van der Waals surface area contributed by atoms with E-state index in [4.69, 9.17) is 0 Å². The van der Waals surface area contributed by atoms with Crippen LogP contribution in [0.5, 0.6) is 0 Å². The van der Waals surface area contributed by atoms with Crippen LogP contribution < -0.4 is 4.90 Å². The summed E-state index contributed by atoms with van der Waals surface area (Å²) in [7, 11) is 0. The molecule has 9 rings (SSSR count). The lowest BCUT2D eigenvalue weighted by Crippen LogP contribution is -2.10. The highest BCUT2D eigenvalue weighted by Gasteiger charge is 2.20. The highest BCUT2D eigenvalue weighted by atomic mass is 32.1. The second kappa shape index (κ2) is 11.2. The molecule has 0 radical (unpaired) electrons. The molecular formula is C44H31NS. The normalized spacial score (nSPS) is 12.2. The Morgan fingerprint density at radius 1 is 0.370 bits per heavy atom. The second-order valence-corrected chi connectivity index (χ2v) is 13.2. The number of benzene rings is 7. The Labute approximate surface area is 273 Å². The molecule has 0 unspecified atom stereocenters. The van der Waals surface area contributed by atoms with Crippen LogP contribution in [0.4, 0.5) is 17.1 Å². The molecule has 0 bridgehead atoms. The van der Waals surface area contributed by atoms with Gasteiger partial charge in [0.2, 0.25) is 0 Å². The number of rotatable bonds is 5. The number of para-hydroxylation sites is 2. The Bertz CT molecular complexity index is 2310. The summed E-state index contributed by atoms with van der Waals surface area (Å²) in [5.41, 5.74) is 11.8. The fourth-order valence-electron chi connectivity index (χ4n) is 7.07. The van der Waals surface area contributed by atoms with Gasteiger partial charge in [-0.05, 0) is 99.5 Å². The van der Waals surface area contributed by atoms with Gasteiger partial charge < -0.3 is 4.90 Å². The molecule has 1 aliphatic rings. The largest absolute Gasteiger partial charge is 0.310 e. The zero-order chi connectivity index (χ0) is 30.5. The number of anilines is 3. The van der Waals surface area contributed by atoms with Crippen molar-refractivity contribution in [1.82, 2.24) is 0 Å². The summed E-state index contributed by atoms with van der Waals surface area (Å²) in [6.45, 7) is 0. The number of nitrogens with zero attached hydrogens (tertiary/aromatic N) is 1. The van der Waals surface area contributed by atoms with Crippen molar-refractivity contribution in [1.29, 1.82) is 0 Å². The van der Waals surface area contributed by atoms with E-state index in [2.05, 4.69) is 169 Å². The topological polar surface area (TPSA) is 3.24 Å². The zero-order valence-electron chi connectivity index (χ0n) is 25.4. The Kier molecular flexibility index (Phi) is 6.54. The zero-order valence-corrected chi connectivity index (χ0v) is 26.2. The third-order valence-corrected chi connectivity index (χ3v) is 10.6. The minimum Gasteiger partial charge on any atom is -0.310 e. The first kappa shape index (κ1) is 26.9. The maximum atomic E-state index is 2.45. The number of hydrogen-bond acceptors (Lipinski definition) is 2. The van der Waals surface area contributed by atoms with Crippen LogP contribution in [0, 0.1) is 0 Å². The Morgan fingerprint density at radius 2 is 0.913 bits per heavy atom. The van der Waals surface area contributed by atoms with Gasteiger partial charge >= 0.3 is 0 Å². The van der Waals surface area contributed by atoms with Crippen molar-refractivity contribution >= 4 is 49.9 Å². The molecular weight excluding hydrogens is 575 g/mol. The van der Waals surface area contributed by atoms with Crippen LogP contribution in [0.3, 0.4) is 0 Å². The SMILES string of the molecule is c1ccc(-c2sc(-c3ccc4c(c3)Cc3cc5ccc(N(c6ccccc6)c6ccccc6)cc5cc3C4)c3ccccc23)cc1. The molecule has 0 N–H and O–H groups in total. The van der Waals surface area contributed by atoms with Crippen molar-refractivity contribution in [3.05, 3.63) is 186 Å². The predicted molar refractivity (Wildman–Crippen MR) is 197 cm³/mol. The van der Waals surface area contributed by atoms with E-state index in [0.29, 0.717) is 0 Å². The average molecular weight is 606 g/mol. The lowest BCUT2D eigenvalue weighted by atomic mass is 9.83. The van der Waals surface area contributed by atoms with E-state index >= 15 is 0 Å². The van der Waals surface area contributed by atoms with Gasteiger partial charge in [-0.25, -0.2) is 0 Å². The number of hydrogen-bond donors (Lipinski definition) is 0. The van der Waals surface area contributed by atoms with E-state index in [0.717, 1.165) is 24.2 Å². The smallest absolute Gasteiger partial charge is 0.0468 e. The summed E-state index contributed by atoms with van der Waals surface area (Å²) in [5.74, 6) is 0. The van der Waals surface area contributed by atoms with Crippen LogP contribution >= 0.6 is 11.3 Å². The molecule has 1 aliphatic carbocycles. The maximum absolute atomic E-state index is 2.45. The quantitative estimate of drug-likeness (QED) is 0.189. The third-order valence-electron chi connectivity index (χ3n) is 9.32. The molecule has 0 fully saturated rings. The molecule has 2 heteroatoms. The van der Waals surface area contributed by atoms with E-state index in [1.807, 2.05) is 11.3 Å². The van der Waals surface area contributed by atoms with Crippen molar-refractivity contribution in [3.63, 3.8) is 0 Å². The maximum Gasteiger partial charge on any atom is 0.0468 e. The van der Waals surface area contributed by atoms with Crippen LogP contribution in [0.2, 0.25) is 0 Å². The van der Waals surface area contributed by atoms with Crippen LogP contribution in [-0.2, 0) is 12.8 Å². The summed E-state index contributed by atoms with van der Waals surface area (Å²) < 4.78 is 0. The van der Waals surface area contributed by atoms with Gasteiger partial charge in [0.25, 0.3) is 0 Å². The van der Waals surface area contributed by atoms with Gasteiger partial charge in [-0.3, -0.25) is 0 Å². The first-order chi connectivity index (χ1) is 22.8. The standard InChI is InChI=1S/C44H31NS/c1-4-12-30(13-5-1)43-41-18-10-11-19-42(41)44(46-43)33-21-20-31-24-36-28-37-29-40(23-22-32(37)25-35(36)27-34(31)26-33)45(38-14-6-2-7-15-38)39-16-8-3-9-17-39/h1-23,25-26,28-29H,24,27H2. The van der Waals surface area contributed by atoms with Gasteiger partial charge in [0.1, 0.15) is 0 Å². The lowest BCUT2D eigenvalue weighted by molar-refractivity contribution is 1.01. The summed E-state index contributed by atoms with van der Waals surface area (Å²) >= 11 is 1.91. The first-order valence-corrected chi connectivity index (χ1v) is 16.7. The average Bonchev–Trinajstić information content (AvgIpc) is 3.51. The van der Waals surface area contributed by atoms with Crippen LogP contribution in [-0.4, -0.2) is 0 Å². The van der Waals surface area contributed by atoms with Gasteiger partial charge in [0.15, 0.2) is 0 Å². The highest BCUT2D eigenvalue weighted by Crippen LogP contribution is 2.45. The highest BCUT2D eigenvalue weighted by molar-refractivity contribution is 7.21. The first-order valence-electron chi connectivity index (χ1n) is 15.9. The Morgan fingerprint density at radius 3 is 1.59 bits per heavy atom.